The summed E-state index contributed by atoms with van der Waals surface area (Å²) in [7, 11) is 1.86. The average Bonchev–Trinajstić information content (AvgIpc) is 3.69. The summed E-state index contributed by atoms with van der Waals surface area (Å²) in [5.74, 6) is -2.34. The van der Waals surface area contributed by atoms with Crippen molar-refractivity contribution in [1.29, 1.82) is 0 Å². The van der Waals surface area contributed by atoms with Crippen molar-refractivity contribution in [2.24, 2.45) is 13.0 Å². The number of ether oxygens (including phenoxy) is 1. The van der Waals surface area contributed by atoms with Crippen molar-refractivity contribution in [3.8, 4) is 16.9 Å². The Hall–Kier alpha value is -4.78. The second-order valence-corrected chi connectivity index (χ2v) is 11.5. The molecule has 0 spiro atoms. The minimum absolute atomic E-state index is 0.0873. The standard InChI is InChI=1S/C33H31F5N6O2/c1-19-30(22-9-11-29-23(16-22)18-39-43(29)2)42-44(24-6-4-3-5-7-24)31(19)41-32(45)40-28-15-20(12-13-46-33(36,37)38)14-25(28)21-8-10-26(34)27(35)17-21/h3-11,16-18,20,25,28H,12-15H2,1-2H3,(H2,40,41,45)/t20-,25-,28+/m0/s1. The lowest BCUT2D eigenvalue weighted by Crippen LogP contribution is -2.40. The fourth-order valence-electron chi connectivity index (χ4n) is 6.29. The number of anilines is 1. The first-order chi connectivity index (χ1) is 22.0. The number of aryl methyl sites for hydroxylation is 1. The van der Waals surface area contributed by atoms with Crippen LogP contribution in [0, 0.1) is 24.5 Å². The van der Waals surface area contributed by atoms with Gasteiger partial charge in [0.15, 0.2) is 11.6 Å². The molecular weight excluding hydrogens is 607 g/mol. The molecule has 2 amide bonds. The first-order valence-electron chi connectivity index (χ1n) is 14.8. The van der Waals surface area contributed by atoms with E-state index in [2.05, 4.69) is 20.5 Å². The lowest BCUT2D eigenvalue weighted by molar-refractivity contribution is -0.325. The number of hydrogen-bond acceptors (Lipinski definition) is 4. The molecule has 2 aromatic heterocycles. The van der Waals surface area contributed by atoms with Gasteiger partial charge in [-0.1, -0.05) is 30.3 Å². The van der Waals surface area contributed by atoms with Gasteiger partial charge in [0, 0.05) is 35.5 Å². The predicted octanol–water partition coefficient (Wildman–Crippen LogP) is 7.62. The fraction of sp³-hybridized carbons (Fsp3) is 0.303. The number of para-hydroxylation sites is 1. The van der Waals surface area contributed by atoms with Crippen LogP contribution in [0.1, 0.15) is 36.3 Å². The van der Waals surface area contributed by atoms with Crippen LogP contribution in [-0.4, -0.2) is 44.6 Å². The molecule has 8 nitrogen and oxygen atoms in total. The molecule has 240 valence electrons. The molecule has 1 saturated carbocycles. The van der Waals surface area contributed by atoms with E-state index < -0.39 is 42.6 Å². The highest BCUT2D eigenvalue weighted by molar-refractivity contribution is 5.92. The summed E-state index contributed by atoms with van der Waals surface area (Å²) in [6, 6.07) is 17.5. The summed E-state index contributed by atoms with van der Waals surface area (Å²) in [6.07, 6.45) is -2.21. The van der Waals surface area contributed by atoms with Gasteiger partial charge < -0.3 is 5.32 Å². The Balaban J connectivity index is 1.27. The first-order valence-corrected chi connectivity index (χ1v) is 14.8. The summed E-state index contributed by atoms with van der Waals surface area (Å²) >= 11 is 0. The van der Waals surface area contributed by atoms with Crippen LogP contribution in [0.25, 0.3) is 27.8 Å². The molecule has 0 aliphatic heterocycles. The molecule has 0 saturated heterocycles. The zero-order chi connectivity index (χ0) is 32.6. The zero-order valence-electron chi connectivity index (χ0n) is 25.0. The molecule has 13 heteroatoms. The van der Waals surface area contributed by atoms with Crippen LogP contribution < -0.4 is 10.6 Å². The highest BCUT2D eigenvalue weighted by Gasteiger charge is 2.38. The van der Waals surface area contributed by atoms with E-state index in [1.807, 2.05) is 62.5 Å². The highest BCUT2D eigenvalue weighted by Crippen LogP contribution is 2.41. The molecule has 0 bridgehead atoms. The Morgan fingerprint density at radius 1 is 1.02 bits per heavy atom. The van der Waals surface area contributed by atoms with Crippen molar-refractivity contribution in [2.75, 3.05) is 11.9 Å². The normalized spacial score (nSPS) is 18.3. The number of amides is 2. The molecule has 5 aromatic rings. The monoisotopic (exact) mass is 638 g/mol. The van der Waals surface area contributed by atoms with Crippen LogP contribution in [0.5, 0.6) is 0 Å². The summed E-state index contributed by atoms with van der Waals surface area (Å²) in [6.45, 7) is 1.31. The Labute approximate surface area is 261 Å². The SMILES string of the molecule is Cc1c(-c2ccc3c(cnn3C)c2)nn(-c2ccccc2)c1NC(=O)N[C@@H]1C[C@@H](CCOC(F)(F)F)C[C@H]1c1ccc(F)c(F)c1. The molecule has 6 rings (SSSR count). The molecule has 0 unspecified atom stereocenters. The lowest BCUT2D eigenvalue weighted by atomic mass is 9.93. The van der Waals surface area contributed by atoms with Crippen molar-refractivity contribution in [3.05, 3.63) is 95.7 Å². The summed E-state index contributed by atoms with van der Waals surface area (Å²) < 4.78 is 73.1. The number of aromatic nitrogens is 4. The van der Waals surface area contributed by atoms with Gasteiger partial charge in [-0.15, -0.1) is 13.2 Å². The first kappa shape index (κ1) is 31.2. The molecule has 2 heterocycles. The molecular formula is C33H31F5N6O2. The minimum Gasteiger partial charge on any atom is -0.334 e. The maximum absolute atomic E-state index is 14.2. The Kier molecular flexibility index (Phi) is 8.51. The van der Waals surface area contributed by atoms with Crippen molar-refractivity contribution in [1.82, 2.24) is 24.9 Å². The smallest absolute Gasteiger partial charge is 0.334 e. The van der Waals surface area contributed by atoms with Crippen LogP contribution in [0.3, 0.4) is 0 Å². The number of hydrogen-bond donors (Lipinski definition) is 2. The maximum atomic E-state index is 14.2. The van der Waals surface area contributed by atoms with E-state index in [-0.39, 0.29) is 12.3 Å². The van der Waals surface area contributed by atoms with Gasteiger partial charge in [0.25, 0.3) is 0 Å². The van der Waals surface area contributed by atoms with Gasteiger partial charge in [0.2, 0.25) is 0 Å². The minimum atomic E-state index is -4.75. The quantitative estimate of drug-likeness (QED) is 0.171. The number of rotatable bonds is 8. The van der Waals surface area contributed by atoms with E-state index in [9.17, 15) is 26.7 Å². The van der Waals surface area contributed by atoms with Crippen LogP contribution in [0.2, 0.25) is 0 Å². The molecule has 2 N–H and O–H groups in total. The van der Waals surface area contributed by atoms with Gasteiger partial charge in [0.1, 0.15) is 5.82 Å². The van der Waals surface area contributed by atoms with Crippen molar-refractivity contribution in [3.63, 3.8) is 0 Å². The van der Waals surface area contributed by atoms with Crippen LogP contribution in [0.15, 0.2) is 72.9 Å². The Morgan fingerprint density at radius 2 is 1.80 bits per heavy atom. The number of benzene rings is 3. The summed E-state index contributed by atoms with van der Waals surface area (Å²) in [5.41, 5.74) is 4.29. The second kappa shape index (κ2) is 12.5. The number of alkyl halides is 3. The number of carbonyl (C=O) groups excluding carboxylic acids is 1. The highest BCUT2D eigenvalue weighted by atomic mass is 19.4. The van der Waals surface area contributed by atoms with E-state index in [0.29, 0.717) is 41.2 Å². The molecule has 1 fully saturated rings. The third-order valence-corrected chi connectivity index (χ3v) is 8.51. The third-order valence-electron chi connectivity index (χ3n) is 8.51. The molecule has 46 heavy (non-hydrogen) atoms. The van der Waals surface area contributed by atoms with Gasteiger partial charge in [0.05, 0.1) is 29.7 Å². The van der Waals surface area contributed by atoms with E-state index in [4.69, 9.17) is 5.10 Å². The van der Waals surface area contributed by atoms with E-state index >= 15 is 0 Å². The van der Waals surface area contributed by atoms with Crippen molar-refractivity contribution >= 4 is 22.8 Å². The topological polar surface area (TPSA) is 86.0 Å². The fourth-order valence-corrected chi connectivity index (χ4v) is 6.29. The zero-order valence-corrected chi connectivity index (χ0v) is 25.0. The van der Waals surface area contributed by atoms with Gasteiger partial charge >= 0.3 is 12.4 Å². The lowest BCUT2D eigenvalue weighted by Gasteiger charge is -2.22. The number of nitrogens with zero attached hydrogens (tertiary/aromatic N) is 4. The predicted molar refractivity (Wildman–Crippen MR) is 162 cm³/mol. The number of urea groups is 1. The number of fused-ring (bicyclic) bond motifs is 1. The van der Waals surface area contributed by atoms with Crippen LogP contribution in [0.4, 0.5) is 32.6 Å². The molecule has 3 aromatic carbocycles. The van der Waals surface area contributed by atoms with Crippen molar-refractivity contribution < 1.29 is 31.5 Å². The average molecular weight is 639 g/mol. The van der Waals surface area contributed by atoms with Crippen LogP contribution in [-0.2, 0) is 11.8 Å². The van der Waals surface area contributed by atoms with Gasteiger partial charge in [-0.25, -0.2) is 18.3 Å². The largest absolute Gasteiger partial charge is 0.522 e. The van der Waals surface area contributed by atoms with Gasteiger partial charge in [-0.05, 0) is 74.1 Å². The van der Waals surface area contributed by atoms with Crippen LogP contribution >= 0.6 is 0 Å². The number of halogens is 5. The Morgan fingerprint density at radius 3 is 2.54 bits per heavy atom. The number of carbonyl (C=O) groups is 1. The van der Waals surface area contributed by atoms with E-state index in [1.165, 1.54) is 6.07 Å². The number of nitrogens with one attached hydrogen (secondary N) is 2. The molecule has 3 atom stereocenters. The van der Waals surface area contributed by atoms with E-state index in [1.54, 1.807) is 15.6 Å². The third kappa shape index (κ3) is 6.59. The van der Waals surface area contributed by atoms with E-state index in [0.717, 1.165) is 28.6 Å². The summed E-state index contributed by atoms with van der Waals surface area (Å²) in [5, 5.41) is 16.0. The molecule has 1 aliphatic rings. The second-order valence-electron chi connectivity index (χ2n) is 11.5. The molecule has 1 aliphatic carbocycles. The summed E-state index contributed by atoms with van der Waals surface area (Å²) in [4.78, 5) is 13.6. The maximum Gasteiger partial charge on any atom is 0.522 e. The van der Waals surface area contributed by atoms with Gasteiger partial charge in [-0.3, -0.25) is 14.7 Å². The van der Waals surface area contributed by atoms with Gasteiger partial charge in [-0.2, -0.15) is 10.2 Å². The van der Waals surface area contributed by atoms with Crippen molar-refractivity contribution in [2.45, 2.75) is 44.5 Å². The molecule has 0 radical (unpaired) electrons. The Bertz CT molecular complexity index is 1870.